The van der Waals surface area contributed by atoms with Crippen molar-refractivity contribution in [2.24, 2.45) is 0 Å². The zero-order valence-electron chi connectivity index (χ0n) is 12.5. The maximum Gasteiger partial charge on any atom is 0.373 e. The molecule has 3 rings (SSSR count). The Bertz CT molecular complexity index is 875. The summed E-state index contributed by atoms with van der Waals surface area (Å²) < 4.78 is 16.7. The molecule has 0 saturated heterocycles. The number of fused-ring (bicyclic) bond motifs is 1. The van der Waals surface area contributed by atoms with Crippen LogP contribution in [0.3, 0.4) is 0 Å². The minimum absolute atomic E-state index is 0.413. The Labute approximate surface area is 129 Å². The van der Waals surface area contributed by atoms with Crippen molar-refractivity contribution in [2.75, 3.05) is 6.66 Å². The smallest absolute Gasteiger partial charge is 0.373 e. The predicted molar refractivity (Wildman–Crippen MR) is 90.5 cm³/mol. The van der Waals surface area contributed by atoms with Crippen LogP contribution in [0.4, 0.5) is 0 Å². The van der Waals surface area contributed by atoms with Crippen LogP contribution >= 0.6 is 7.60 Å². The van der Waals surface area contributed by atoms with Gasteiger partial charge < -0.3 is 9.42 Å². The van der Waals surface area contributed by atoms with E-state index in [0.717, 1.165) is 27.5 Å². The lowest BCUT2D eigenvalue weighted by atomic mass is 9.97. The average Bonchev–Trinajstić information content (AvgIpc) is 2.44. The molecule has 4 heteroatoms. The van der Waals surface area contributed by atoms with E-state index in [-0.39, 0.29) is 0 Å². The van der Waals surface area contributed by atoms with E-state index < -0.39 is 7.60 Å². The molecular formula is C18H17O3P. The first-order valence-corrected chi connectivity index (χ1v) is 9.04. The standard InChI is InChI=1S/C18H17O3P/c1-13-10-15(12-16(11-13)21-22(2,19)20)18-9-5-7-14-6-3-4-8-17(14)18/h3-12H,1-2H3,(H,19,20). The van der Waals surface area contributed by atoms with Crippen LogP contribution in [0.5, 0.6) is 5.75 Å². The van der Waals surface area contributed by atoms with Crippen LogP contribution in [0.15, 0.2) is 60.7 Å². The molecule has 3 nitrogen and oxygen atoms in total. The van der Waals surface area contributed by atoms with E-state index in [0.29, 0.717) is 5.75 Å². The van der Waals surface area contributed by atoms with Gasteiger partial charge in [0.15, 0.2) is 0 Å². The molecule has 1 unspecified atom stereocenters. The fraction of sp³-hybridized carbons (Fsp3) is 0.111. The minimum Gasteiger partial charge on any atom is -0.425 e. The first-order valence-electron chi connectivity index (χ1n) is 7.02. The van der Waals surface area contributed by atoms with E-state index in [1.54, 1.807) is 12.1 Å². The van der Waals surface area contributed by atoms with Gasteiger partial charge in [-0.25, -0.2) is 4.57 Å². The van der Waals surface area contributed by atoms with Crippen LogP contribution in [0.1, 0.15) is 5.56 Å². The summed E-state index contributed by atoms with van der Waals surface area (Å²) in [5, 5.41) is 2.30. The molecule has 1 atom stereocenters. The second kappa shape index (κ2) is 5.60. The van der Waals surface area contributed by atoms with Gasteiger partial charge in [0.25, 0.3) is 0 Å². The van der Waals surface area contributed by atoms with E-state index in [2.05, 4.69) is 18.2 Å². The van der Waals surface area contributed by atoms with Gasteiger partial charge in [0.05, 0.1) is 0 Å². The SMILES string of the molecule is Cc1cc(OP(C)(=O)O)cc(-c2cccc3ccccc23)c1. The second-order valence-electron chi connectivity index (χ2n) is 5.46. The lowest BCUT2D eigenvalue weighted by Gasteiger charge is -2.13. The Kier molecular flexibility index (Phi) is 3.78. The highest BCUT2D eigenvalue weighted by Gasteiger charge is 2.13. The van der Waals surface area contributed by atoms with E-state index in [4.69, 9.17) is 4.52 Å². The number of hydrogen-bond donors (Lipinski definition) is 1. The third kappa shape index (κ3) is 3.22. The normalized spacial score (nSPS) is 13.8. The molecule has 0 aromatic heterocycles. The van der Waals surface area contributed by atoms with Crippen molar-refractivity contribution >= 4 is 18.4 Å². The van der Waals surface area contributed by atoms with Crippen LogP contribution in [0.2, 0.25) is 0 Å². The quantitative estimate of drug-likeness (QED) is 0.692. The van der Waals surface area contributed by atoms with Gasteiger partial charge >= 0.3 is 7.60 Å². The average molecular weight is 312 g/mol. The molecule has 0 spiro atoms. The van der Waals surface area contributed by atoms with Gasteiger partial charge in [0.2, 0.25) is 0 Å². The summed E-state index contributed by atoms with van der Waals surface area (Å²) in [5.41, 5.74) is 3.03. The van der Waals surface area contributed by atoms with Crippen molar-refractivity contribution in [2.45, 2.75) is 6.92 Å². The zero-order chi connectivity index (χ0) is 15.7. The third-order valence-corrected chi connectivity index (χ3v) is 3.98. The molecule has 22 heavy (non-hydrogen) atoms. The van der Waals surface area contributed by atoms with Gasteiger partial charge in [-0.15, -0.1) is 0 Å². The highest BCUT2D eigenvalue weighted by Crippen LogP contribution is 2.40. The predicted octanol–water partition coefficient (Wildman–Crippen LogP) is 5.01. The van der Waals surface area contributed by atoms with E-state index in [1.165, 1.54) is 6.66 Å². The zero-order valence-corrected chi connectivity index (χ0v) is 13.4. The molecule has 0 fully saturated rings. The van der Waals surface area contributed by atoms with Gasteiger partial charge in [-0.2, -0.15) is 0 Å². The molecule has 3 aromatic carbocycles. The molecule has 0 heterocycles. The molecule has 0 radical (unpaired) electrons. The number of benzene rings is 3. The second-order valence-corrected chi connectivity index (χ2v) is 7.24. The van der Waals surface area contributed by atoms with Gasteiger partial charge in [0, 0.05) is 6.66 Å². The van der Waals surface area contributed by atoms with Crippen molar-refractivity contribution in [3.63, 3.8) is 0 Å². The Morgan fingerprint density at radius 3 is 2.50 bits per heavy atom. The molecule has 1 N–H and O–H groups in total. The van der Waals surface area contributed by atoms with Gasteiger partial charge in [-0.05, 0) is 46.5 Å². The summed E-state index contributed by atoms with van der Waals surface area (Å²) in [7, 11) is -3.57. The number of aryl methyl sites for hydroxylation is 1. The summed E-state index contributed by atoms with van der Waals surface area (Å²) in [6.45, 7) is 3.13. The monoisotopic (exact) mass is 312 g/mol. The van der Waals surface area contributed by atoms with Crippen molar-refractivity contribution in [1.29, 1.82) is 0 Å². The topological polar surface area (TPSA) is 46.5 Å². The van der Waals surface area contributed by atoms with Gasteiger partial charge in [-0.1, -0.05) is 48.5 Å². The molecule has 0 aliphatic rings. The molecule has 0 bridgehead atoms. The summed E-state index contributed by atoms with van der Waals surface area (Å²) in [6, 6.07) is 19.9. The van der Waals surface area contributed by atoms with Gasteiger partial charge in [0.1, 0.15) is 5.75 Å². The molecule has 0 saturated carbocycles. The molecule has 112 valence electrons. The Hall–Kier alpha value is -2.09. The van der Waals surface area contributed by atoms with E-state index in [1.807, 2.05) is 37.3 Å². The molecule has 0 aliphatic heterocycles. The lowest BCUT2D eigenvalue weighted by molar-refractivity contribution is 0.387. The maximum absolute atomic E-state index is 11.5. The summed E-state index contributed by atoms with van der Waals surface area (Å²) >= 11 is 0. The van der Waals surface area contributed by atoms with Crippen molar-refractivity contribution in [3.05, 3.63) is 66.2 Å². The highest BCUT2D eigenvalue weighted by molar-refractivity contribution is 7.52. The van der Waals surface area contributed by atoms with Crippen molar-refractivity contribution in [3.8, 4) is 16.9 Å². The first-order chi connectivity index (χ1) is 10.4. The largest absolute Gasteiger partial charge is 0.425 e. The fourth-order valence-electron chi connectivity index (χ4n) is 2.63. The lowest BCUT2D eigenvalue weighted by Crippen LogP contribution is -1.91. The first kappa shape index (κ1) is 14.8. The Morgan fingerprint density at radius 2 is 1.73 bits per heavy atom. The Morgan fingerprint density at radius 1 is 1.00 bits per heavy atom. The number of rotatable bonds is 3. The summed E-state index contributed by atoms with van der Waals surface area (Å²) in [4.78, 5) is 9.43. The van der Waals surface area contributed by atoms with E-state index >= 15 is 0 Å². The van der Waals surface area contributed by atoms with Crippen molar-refractivity contribution in [1.82, 2.24) is 0 Å². The van der Waals surface area contributed by atoms with Crippen molar-refractivity contribution < 1.29 is 14.0 Å². The van der Waals surface area contributed by atoms with E-state index in [9.17, 15) is 9.46 Å². The summed E-state index contributed by atoms with van der Waals surface area (Å²) in [5.74, 6) is 0.413. The van der Waals surface area contributed by atoms with Crippen LogP contribution in [-0.2, 0) is 4.57 Å². The molecule has 0 amide bonds. The van der Waals surface area contributed by atoms with Crippen LogP contribution < -0.4 is 4.52 Å². The molecule has 0 aliphatic carbocycles. The van der Waals surface area contributed by atoms with Crippen LogP contribution in [0.25, 0.3) is 21.9 Å². The fourth-order valence-corrected chi connectivity index (χ4v) is 3.13. The molecular weight excluding hydrogens is 295 g/mol. The third-order valence-electron chi connectivity index (χ3n) is 3.43. The molecule has 3 aromatic rings. The maximum atomic E-state index is 11.5. The Balaban J connectivity index is 2.16. The van der Waals surface area contributed by atoms with Gasteiger partial charge in [-0.3, -0.25) is 0 Å². The van der Waals surface area contributed by atoms with Crippen LogP contribution in [0, 0.1) is 6.92 Å². The summed E-state index contributed by atoms with van der Waals surface area (Å²) in [6.07, 6.45) is 0. The highest BCUT2D eigenvalue weighted by atomic mass is 31.2. The minimum atomic E-state index is -3.57. The number of hydrogen-bond acceptors (Lipinski definition) is 2. The van der Waals surface area contributed by atoms with Crippen LogP contribution in [-0.4, -0.2) is 11.6 Å².